The van der Waals surface area contributed by atoms with Gasteiger partial charge in [-0.1, -0.05) is 35.9 Å². The summed E-state index contributed by atoms with van der Waals surface area (Å²) in [5.41, 5.74) is 3.65. The quantitative estimate of drug-likeness (QED) is 0.782. The van der Waals surface area contributed by atoms with Crippen molar-refractivity contribution in [2.24, 2.45) is 0 Å². The summed E-state index contributed by atoms with van der Waals surface area (Å²) in [6, 6.07) is 15.4. The number of nitrogens with zero attached hydrogens (tertiary/aromatic N) is 1. The standard InChI is InChI=1S/C18H23N3O2S2/c1-13-8-10-15(11-9-13)14(2)19-18(24)20-16-6-5-7-17(12-16)21(3)25(4,22)23/h5-12,14H,1-4H3,(H2,19,20,24)/t14-/m0/s1. The third kappa shape index (κ3) is 5.44. The Labute approximate surface area is 155 Å². The molecule has 0 aliphatic heterocycles. The van der Waals surface area contributed by atoms with Crippen molar-refractivity contribution in [3.05, 3.63) is 59.7 Å². The fraction of sp³-hybridized carbons (Fsp3) is 0.278. The minimum atomic E-state index is -3.30. The number of anilines is 2. The molecule has 0 fully saturated rings. The Bertz CT molecular complexity index is 849. The molecule has 0 unspecified atom stereocenters. The maximum Gasteiger partial charge on any atom is 0.231 e. The highest BCUT2D eigenvalue weighted by Crippen LogP contribution is 2.20. The van der Waals surface area contributed by atoms with Crippen LogP contribution in [0.2, 0.25) is 0 Å². The van der Waals surface area contributed by atoms with Crippen LogP contribution in [-0.4, -0.2) is 26.8 Å². The summed E-state index contributed by atoms with van der Waals surface area (Å²) in [4.78, 5) is 0. The largest absolute Gasteiger partial charge is 0.356 e. The second-order valence-electron chi connectivity index (χ2n) is 6.01. The van der Waals surface area contributed by atoms with Gasteiger partial charge in [-0.25, -0.2) is 8.42 Å². The van der Waals surface area contributed by atoms with Crippen molar-refractivity contribution in [3.63, 3.8) is 0 Å². The number of benzene rings is 2. The number of sulfonamides is 1. The van der Waals surface area contributed by atoms with Crippen molar-refractivity contribution in [1.82, 2.24) is 5.32 Å². The molecule has 0 saturated carbocycles. The topological polar surface area (TPSA) is 61.4 Å². The van der Waals surface area contributed by atoms with Crippen LogP contribution >= 0.6 is 12.2 Å². The van der Waals surface area contributed by atoms with Gasteiger partial charge in [0.25, 0.3) is 0 Å². The van der Waals surface area contributed by atoms with E-state index in [-0.39, 0.29) is 6.04 Å². The van der Waals surface area contributed by atoms with Gasteiger partial charge in [-0.2, -0.15) is 0 Å². The average Bonchev–Trinajstić information content (AvgIpc) is 2.54. The van der Waals surface area contributed by atoms with Crippen LogP contribution in [0.3, 0.4) is 0 Å². The summed E-state index contributed by atoms with van der Waals surface area (Å²) in [6.07, 6.45) is 1.17. The van der Waals surface area contributed by atoms with Gasteiger partial charge >= 0.3 is 0 Å². The SMILES string of the molecule is Cc1ccc([C@H](C)NC(=S)Nc2cccc(N(C)S(C)(=O)=O)c2)cc1. The molecule has 2 N–H and O–H groups in total. The second-order valence-corrected chi connectivity index (χ2v) is 8.43. The predicted octanol–water partition coefficient (Wildman–Crippen LogP) is 3.44. The number of rotatable bonds is 5. The molecule has 0 aliphatic rings. The van der Waals surface area contributed by atoms with Gasteiger partial charge in [0, 0.05) is 12.7 Å². The number of thiocarbonyl (C=S) groups is 1. The Balaban J connectivity index is 2.04. The van der Waals surface area contributed by atoms with Gasteiger partial charge in [0.2, 0.25) is 10.0 Å². The lowest BCUT2D eigenvalue weighted by Gasteiger charge is -2.20. The smallest absolute Gasteiger partial charge is 0.231 e. The lowest BCUT2D eigenvalue weighted by atomic mass is 10.1. The van der Waals surface area contributed by atoms with Gasteiger partial charge in [0.1, 0.15) is 0 Å². The Hall–Kier alpha value is -2.12. The molecule has 0 amide bonds. The first-order valence-electron chi connectivity index (χ1n) is 7.85. The van der Waals surface area contributed by atoms with Crippen LogP contribution in [0.15, 0.2) is 48.5 Å². The highest BCUT2D eigenvalue weighted by atomic mass is 32.2. The molecule has 0 heterocycles. The van der Waals surface area contributed by atoms with E-state index in [0.29, 0.717) is 10.8 Å². The van der Waals surface area contributed by atoms with E-state index in [9.17, 15) is 8.42 Å². The van der Waals surface area contributed by atoms with Crippen molar-refractivity contribution in [2.45, 2.75) is 19.9 Å². The summed E-state index contributed by atoms with van der Waals surface area (Å²) in [5, 5.41) is 6.81. The predicted molar refractivity (Wildman–Crippen MR) is 109 cm³/mol. The highest BCUT2D eigenvalue weighted by Gasteiger charge is 2.12. The maximum absolute atomic E-state index is 11.7. The molecular formula is C18H23N3O2S2. The van der Waals surface area contributed by atoms with E-state index >= 15 is 0 Å². The Kier molecular flexibility index (Phi) is 6.02. The summed E-state index contributed by atoms with van der Waals surface area (Å²) < 4.78 is 24.5. The van der Waals surface area contributed by atoms with E-state index in [1.165, 1.54) is 23.2 Å². The van der Waals surface area contributed by atoms with Crippen LogP contribution in [0.5, 0.6) is 0 Å². The van der Waals surface area contributed by atoms with Gasteiger partial charge < -0.3 is 10.6 Å². The maximum atomic E-state index is 11.7. The zero-order valence-electron chi connectivity index (χ0n) is 14.8. The summed E-state index contributed by atoms with van der Waals surface area (Å²) in [6.45, 7) is 4.08. The number of hydrogen-bond donors (Lipinski definition) is 2. The number of nitrogens with one attached hydrogen (secondary N) is 2. The fourth-order valence-corrected chi connectivity index (χ4v) is 3.06. The lowest BCUT2D eigenvalue weighted by Crippen LogP contribution is -2.31. The molecule has 7 heteroatoms. The molecule has 2 aromatic rings. The molecule has 134 valence electrons. The monoisotopic (exact) mass is 377 g/mol. The minimum absolute atomic E-state index is 0.0578. The normalized spacial score (nSPS) is 12.3. The van der Waals surface area contributed by atoms with E-state index in [4.69, 9.17) is 12.2 Å². The Morgan fingerprint density at radius 2 is 1.80 bits per heavy atom. The van der Waals surface area contributed by atoms with Crippen LogP contribution in [0.25, 0.3) is 0 Å². The first-order chi connectivity index (χ1) is 11.7. The van der Waals surface area contributed by atoms with Crippen molar-refractivity contribution in [3.8, 4) is 0 Å². The van der Waals surface area contributed by atoms with Crippen LogP contribution in [0.1, 0.15) is 24.1 Å². The van der Waals surface area contributed by atoms with Crippen LogP contribution < -0.4 is 14.9 Å². The minimum Gasteiger partial charge on any atom is -0.356 e. The molecule has 25 heavy (non-hydrogen) atoms. The highest BCUT2D eigenvalue weighted by molar-refractivity contribution is 7.92. The van der Waals surface area contributed by atoms with Crippen molar-refractivity contribution in [2.75, 3.05) is 22.9 Å². The molecule has 1 atom stereocenters. The first kappa shape index (κ1) is 19.2. The van der Waals surface area contributed by atoms with Gasteiger partial charge in [-0.15, -0.1) is 0 Å². The lowest BCUT2D eigenvalue weighted by molar-refractivity contribution is 0.600. The molecule has 0 bridgehead atoms. The fourth-order valence-electron chi connectivity index (χ4n) is 2.27. The van der Waals surface area contributed by atoms with Gasteiger partial charge in [0.05, 0.1) is 18.0 Å². The molecular weight excluding hydrogens is 354 g/mol. The zero-order valence-corrected chi connectivity index (χ0v) is 16.4. The Morgan fingerprint density at radius 3 is 2.40 bits per heavy atom. The van der Waals surface area contributed by atoms with E-state index in [0.717, 1.165) is 11.3 Å². The second kappa shape index (κ2) is 7.84. The van der Waals surface area contributed by atoms with Crippen LogP contribution in [0.4, 0.5) is 11.4 Å². The van der Waals surface area contributed by atoms with E-state index < -0.39 is 10.0 Å². The third-order valence-corrected chi connectivity index (χ3v) is 5.32. The van der Waals surface area contributed by atoms with Crippen LogP contribution in [0, 0.1) is 6.92 Å². The molecule has 2 rings (SSSR count). The van der Waals surface area contributed by atoms with Crippen molar-refractivity contribution in [1.29, 1.82) is 0 Å². The molecule has 0 aromatic heterocycles. The van der Waals surface area contributed by atoms with Crippen molar-refractivity contribution < 1.29 is 8.42 Å². The summed E-state index contributed by atoms with van der Waals surface area (Å²) in [7, 11) is -1.78. The average molecular weight is 378 g/mol. The van der Waals surface area contributed by atoms with E-state index in [2.05, 4.69) is 41.8 Å². The van der Waals surface area contributed by atoms with E-state index in [1.807, 2.05) is 13.0 Å². The number of aryl methyl sites for hydroxylation is 1. The summed E-state index contributed by atoms with van der Waals surface area (Å²) in [5.74, 6) is 0. The third-order valence-electron chi connectivity index (χ3n) is 3.89. The van der Waals surface area contributed by atoms with Crippen LogP contribution in [-0.2, 0) is 10.0 Å². The van der Waals surface area contributed by atoms with Gasteiger partial charge in [-0.05, 0) is 49.8 Å². The molecule has 0 spiro atoms. The molecule has 0 saturated heterocycles. The Morgan fingerprint density at radius 1 is 1.16 bits per heavy atom. The molecule has 2 aromatic carbocycles. The van der Waals surface area contributed by atoms with Gasteiger partial charge in [-0.3, -0.25) is 4.31 Å². The van der Waals surface area contributed by atoms with Crippen molar-refractivity contribution >= 4 is 38.7 Å². The first-order valence-corrected chi connectivity index (χ1v) is 10.1. The van der Waals surface area contributed by atoms with E-state index in [1.54, 1.807) is 18.2 Å². The zero-order chi connectivity index (χ0) is 18.6. The summed E-state index contributed by atoms with van der Waals surface area (Å²) >= 11 is 5.37. The molecule has 5 nitrogen and oxygen atoms in total. The molecule has 0 aliphatic carbocycles. The number of hydrogen-bond acceptors (Lipinski definition) is 3. The van der Waals surface area contributed by atoms with Gasteiger partial charge in [0.15, 0.2) is 5.11 Å². The molecule has 0 radical (unpaired) electrons.